The molecule has 0 bridgehead atoms. The Labute approximate surface area is 86.8 Å². The quantitative estimate of drug-likeness (QED) is 0.414. The predicted octanol–water partition coefficient (Wildman–Crippen LogP) is 0.860. The first kappa shape index (κ1) is 11.0. The van der Waals surface area contributed by atoms with Crippen LogP contribution in [0, 0.1) is 0 Å². The van der Waals surface area contributed by atoms with Crippen molar-refractivity contribution in [2.45, 2.75) is 18.0 Å². The van der Waals surface area contributed by atoms with Crippen LogP contribution in [0.25, 0.3) is 0 Å². The maximum atomic E-state index is 10.8. The van der Waals surface area contributed by atoms with Crippen molar-refractivity contribution in [1.29, 1.82) is 0 Å². The normalized spacial score (nSPS) is 10.1. The van der Waals surface area contributed by atoms with E-state index in [0.717, 1.165) is 17.3 Å². The molecule has 0 N–H and O–H groups in total. The highest BCUT2D eigenvalue weighted by atomic mass is 32.2. The van der Waals surface area contributed by atoms with E-state index < -0.39 is 0 Å². The number of nitrogens with zero attached hydrogens (tertiary/aromatic N) is 3. The molecule has 0 aliphatic carbocycles. The van der Waals surface area contributed by atoms with Gasteiger partial charge in [0, 0.05) is 19.2 Å². The molecule has 1 aromatic heterocycles. The van der Waals surface area contributed by atoms with Crippen molar-refractivity contribution in [2.75, 3.05) is 12.9 Å². The molecule has 5 nitrogen and oxygen atoms in total. The topological polar surface area (TPSA) is 57.0 Å². The van der Waals surface area contributed by atoms with Crippen molar-refractivity contribution in [3.63, 3.8) is 0 Å². The van der Waals surface area contributed by atoms with Crippen LogP contribution in [0.2, 0.25) is 0 Å². The van der Waals surface area contributed by atoms with Gasteiger partial charge in [-0.05, 0) is 6.42 Å². The van der Waals surface area contributed by atoms with Crippen LogP contribution in [0.4, 0.5) is 0 Å². The second-order valence-corrected chi connectivity index (χ2v) is 3.76. The number of carbonyl (C=O) groups excluding carboxylic acids is 1. The Balaban J connectivity index is 2.16. The van der Waals surface area contributed by atoms with Gasteiger partial charge in [-0.15, -0.1) is 0 Å². The van der Waals surface area contributed by atoms with Gasteiger partial charge < -0.3 is 4.74 Å². The van der Waals surface area contributed by atoms with Gasteiger partial charge in [-0.3, -0.25) is 4.79 Å². The largest absolute Gasteiger partial charge is 0.469 e. The molecule has 0 aliphatic heterocycles. The molecular formula is C8H13N3O2S. The third-order valence-electron chi connectivity index (χ3n) is 1.65. The summed E-state index contributed by atoms with van der Waals surface area (Å²) in [4.78, 5) is 14.8. The van der Waals surface area contributed by atoms with Gasteiger partial charge in [-0.25, -0.2) is 9.67 Å². The highest BCUT2D eigenvalue weighted by Crippen LogP contribution is 2.14. The third-order valence-corrected chi connectivity index (χ3v) is 2.77. The first-order chi connectivity index (χ1) is 6.74. The Hall–Kier alpha value is -1.04. The molecule has 14 heavy (non-hydrogen) atoms. The second-order valence-electron chi connectivity index (χ2n) is 2.69. The molecule has 0 aliphatic rings. The van der Waals surface area contributed by atoms with Crippen LogP contribution in [0.3, 0.4) is 0 Å². The number of hydrogen-bond acceptors (Lipinski definition) is 5. The number of hydrogen-bond donors (Lipinski definition) is 0. The monoisotopic (exact) mass is 215 g/mol. The minimum Gasteiger partial charge on any atom is -0.469 e. The highest BCUT2D eigenvalue weighted by molar-refractivity contribution is 7.99. The van der Waals surface area contributed by atoms with Gasteiger partial charge in [0.1, 0.15) is 6.33 Å². The molecule has 0 saturated carbocycles. The standard InChI is InChI=1S/C8H13N3O2S/c1-11-8(9-6-10-11)14-5-3-4-7(12)13-2/h6H,3-5H2,1-2H3. The number of esters is 1. The molecule has 0 radical (unpaired) electrons. The van der Waals surface area contributed by atoms with E-state index in [0.29, 0.717) is 6.42 Å². The lowest BCUT2D eigenvalue weighted by Gasteiger charge is -1.99. The van der Waals surface area contributed by atoms with E-state index in [4.69, 9.17) is 0 Å². The van der Waals surface area contributed by atoms with Gasteiger partial charge in [0.25, 0.3) is 0 Å². The van der Waals surface area contributed by atoms with Crippen LogP contribution in [0.15, 0.2) is 11.5 Å². The summed E-state index contributed by atoms with van der Waals surface area (Å²) >= 11 is 1.59. The summed E-state index contributed by atoms with van der Waals surface area (Å²) in [5.74, 6) is 0.685. The van der Waals surface area contributed by atoms with Crippen molar-refractivity contribution in [3.05, 3.63) is 6.33 Å². The second kappa shape index (κ2) is 5.64. The SMILES string of the molecule is COC(=O)CCCSc1ncnn1C. The summed E-state index contributed by atoms with van der Waals surface area (Å²) < 4.78 is 6.24. The number of ether oxygens (including phenoxy) is 1. The number of aromatic nitrogens is 3. The van der Waals surface area contributed by atoms with Crippen LogP contribution < -0.4 is 0 Å². The van der Waals surface area contributed by atoms with Crippen LogP contribution in [-0.2, 0) is 16.6 Å². The van der Waals surface area contributed by atoms with E-state index in [1.807, 2.05) is 7.05 Å². The number of aryl methyl sites for hydroxylation is 1. The van der Waals surface area contributed by atoms with E-state index in [1.54, 1.807) is 16.4 Å². The Morgan fingerprint density at radius 3 is 3.07 bits per heavy atom. The van der Waals surface area contributed by atoms with Crippen LogP contribution in [0.5, 0.6) is 0 Å². The van der Waals surface area contributed by atoms with Gasteiger partial charge in [0.05, 0.1) is 7.11 Å². The lowest BCUT2D eigenvalue weighted by Crippen LogP contribution is -2.00. The summed E-state index contributed by atoms with van der Waals surface area (Å²) in [7, 11) is 3.24. The summed E-state index contributed by atoms with van der Waals surface area (Å²) in [5.41, 5.74) is 0. The summed E-state index contributed by atoms with van der Waals surface area (Å²) in [5, 5.41) is 4.81. The van der Waals surface area contributed by atoms with E-state index in [9.17, 15) is 4.79 Å². The zero-order valence-corrected chi connectivity index (χ0v) is 9.08. The van der Waals surface area contributed by atoms with Crippen molar-refractivity contribution >= 4 is 17.7 Å². The Morgan fingerprint density at radius 2 is 2.50 bits per heavy atom. The first-order valence-corrected chi connectivity index (χ1v) is 5.26. The van der Waals surface area contributed by atoms with Gasteiger partial charge >= 0.3 is 5.97 Å². The fourth-order valence-electron chi connectivity index (χ4n) is 0.898. The number of methoxy groups -OCH3 is 1. The Bertz CT molecular complexity index is 301. The molecule has 78 valence electrons. The maximum absolute atomic E-state index is 10.8. The number of rotatable bonds is 5. The van der Waals surface area contributed by atoms with Crippen LogP contribution in [0.1, 0.15) is 12.8 Å². The van der Waals surface area contributed by atoms with Crippen molar-refractivity contribution in [1.82, 2.24) is 14.8 Å². The smallest absolute Gasteiger partial charge is 0.305 e. The lowest BCUT2D eigenvalue weighted by atomic mass is 10.3. The molecule has 6 heteroatoms. The minimum absolute atomic E-state index is 0.163. The summed E-state index contributed by atoms with van der Waals surface area (Å²) in [6, 6.07) is 0. The fraction of sp³-hybridized carbons (Fsp3) is 0.625. The maximum Gasteiger partial charge on any atom is 0.305 e. The van der Waals surface area contributed by atoms with E-state index in [-0.39, 0.29) is 5.97 Å². The Kier molecular flexibility index (Phi) is 4.45. The average molecular weight is 215 g/mol. The van der Waals surface area contributed by atoms with Gasteiger partial charge in [-0.1, -0.05) is 11.8 Å². The highest BCUT2D eigenvalue weighted by Gasteiger charge is 2.03. The lowest BCUT2D eigenvalue weighted by molar-refractivity contribution is -0.140. The van der Waals surface area contributed by atoms with Gasteiger partial charge in [-0.2, -0.15) is 5.10 Å². The first-order valence-electron chi connectivity index (χ1n) is 4.27. The zero-order chi connectivity index (χ0) is 10.4. The van der Waals surface area contributed by atoms with Crippen LogP contribution >= 0.6 is 11.8 Å². The zero-order valence-electron chi connectivity index (χ0n) is 8.27. The molecule has 0 amide bonds. The van der Waals surface area contributed by atoms with E-state index >= 15 is 0 Å². The predicted molar refractivity (Wildman–Crippen MR) is 53.0 cm³/mol. The molecule has 0 fully saturated rings. The van der Waals surface area contributed by atoms with Crippen molar-refractivity contribution in [3.8, 4) is 0 Å². The average Bonchev–Trinajstić information content (AvgIpc) is 2.58. The molecular weight excluding hydrogens is 202 g/mol. The molecule has 0 saturated heterocycles. The third kappa shape index (κ3) is 3.37. The van der Waals surface area contributed by atoms with Crippen LogP contribution in [-0.4, -0.2) is 33.6 Å². The minimum atomic E-state index is -0.163. The molecule has 1 heterocycles. The molecule has 1 rings (SSSR count). The van der Waals surface area contributed by atoms with Gasteiger partial charge in [0.15, 0.2) is 5.16 Å². The van der Waals surface area contributed by atoms with Crippen molar-refractivity contribution in [2.24, 2.45) is 7.05 Å². The number of thioether (sulfide) groups is 1. The van der Waals surface area contributed by atoms with Gasteiger partial charge in [0.2, 0.25) is 0 Å². The van der Waals surface area contributed by atoms with E-state index in [2.05, 4.69) is 14.8 Å². The van der Waals surface area contributed by atoms with E-state index in [1.165, 1.54) is 13.4 Å². The summed E-state index contributed by atoms with van der Waals surface area (Å²) in [6.45, 7) is 0. The van der Waals surface area contributed by atoms with Crippen molar-refractivity contribution < 1.29 is 9.53 Å². The molecule has 0 spiro atoms. The molecule has 1 aromatic rings. The molecule has 0 unspecified atom stereocenters. The molecule has 0 aromatic carbocycles. The number of carbonyl (C=O) groups is 1. The molecule has 0 atom stereocenters. The Morgan fingerprint density at radius 1 is 1.71 bits per heavy atom. The fourth-order valence-corrected chi connectivity index (χ4v) is 1.73. The summed E-state index contributed by atoms with van der Waals surface area (Å²) in [6.07, 6.45) is 2.77.